The molecule has 0 aliphatic carbocycles. The second kappa shape index (κ2) is 8.66. The highest BCUT2D eigenvalue weighted by Crippen LogP contribution is 2.15. The Kier molecular flexibility index (Phi) is 5.61. The maximum absolute atomic E-state index is 12.6. The molecule has 2 N–H and O–H groups in total. The van der Waals surface area contributed by atoms with E-state index in [-0.39, 0.29) is 17.5 Å². The van der Waals surface area contributed by atoms with E-state index in [1.807, 2.05) is 18.2 Å². The minimum absolute atomic E-state index is 0.192. The molecule has 0 bridgehead atoms. The van der Waals surface area contributed by atoms with Gasteiger partial charge in [-0.25, -0.2) is 0 Å². The van der Waals surface area contributed by atoms with E-state index in [0.29, 0.717) is 23.6 Å². The van der Waals surface area contributed by atoms with Crippen molar-refractivity contribution in [1.29, 1.82) is 0 Å². The van der Waals surface area contributed by atoms with Crippen molar-refractivity contribution < 1.29 is 9.59 Å². The number of nitrogens with zero attached hydrogens (tertiary/aromatic N) is 4. The number of aryl methyl sites for hydroxylation is 2. The van der Waals surface area contributed by atoms with Crippen molar-refractivity contribution in [2.45, 2.75) is 13.5 Å². The molecule has 0 unspecified atom stereocenters. The first-order valence-corrected chi connectivity index (χ1v) is 9.78. The number of anilines is 2. The molecule has 0 aliphatic heterocycles. The van der Waals surface area contributed by atoms with Crippen molar-refractivity contribution in [2.24, 2.45) is 7.05 Å². The minimum Gasteiger partial charge on any atom is -0.318 e. The molecule has 156 valence electrons. The van der Waals surface area contributed by atoms with Crippen LogP contribution in [0.4, 0.5) is 11.5 Å². The fourth-order valence-electron chi connectivity index (χ4n) is 3.14. The molecule has 0 atom stereocenters. The largest absolute Gasteiger partial charge is 0.318 e. The molecule has 8 heteroatoms. The predicted molar refractivity (Wildman–Crippen MR) is 118 cm³/mol. The van der Waals surface area contributed by atoms with Crippen LogP contribution in [-0.4, -0.2) is 31.4 Å². The van der Waals surface area contributed by atoms with E-state index in [0.717, 1.165) is 5.56 Å². The zero-order chi connectivity index (χ0) is 21.8. The molecule has 31 heavy (non-hydrogen) atoms. The number of hydrogen-bond donors (Lipinski definition) is 2. The van der Waals surface area contributed by atoms with Crippen LogP contribution >= 0.6 is 0 Å². The number of rotatable bonds is 6. The summed E-state index contributed by atoms with van der Waals surface area (Å²) in [7, 11) is 1.66. The number of amides is 2. The Morgan fingerprint density at radius 3 is 2.48 bits per heavy atom. The molecule has 4 rings (SSSR count). The summed E-state index contributed by atoms with van der Waals surface area (Å²) in [6, 6.07) is 18.5. The van der Waals surface area contributed by atoms with Crippen LogP contribution in [0, 0.1) is 6.92 Å². The van der Waals surface area contributed by atoms with Gasteiger partial charge in [-0.2, -0.15) is 10.2 Å². The van der Waals surface area contributed by atoms with Crippen LogP contribution < -0.4 is 10.6 Å². The van der Waals surface area contributed by atoms with Crippen LogP contribution in [0.5, 0.6) is 0 Å². The lowest BCUT2D eigenvalue weighted by Gasteiger charge is -2.05. The summed E-state index contributed by atoms with van der Waals surface area (Å²) in [6.45, 7) is 2.67. The first-order chi connectivity index (χ1) is 15.0. The Balaban J connectivity index is 1.41. The summed E-state index contributed by atoms with van der Waals surface area (Å²) >= 11 is 0. The first-order valence-electron chi connectivity index (χ1n) is 9.78. The smallest absolute Gasteiger partial charge is 0.276 e. The molecule has 2 aromatic heterocycles. The molecule has 0 spiro atoms. The fourth-order valence-corrected chi connectivity index (χ4v) is 3.14. The molecule has 8 nitrogen and oxygen atoms in total. The first kappa shape index (κ1) is 20.1. The average Bonchev–Trinajstić information content (AvgIpc) is 3.36. The highest BCUT2D eigenvalue weighted by atomic mass is 16.2. The third-order valence-electron chi connectivity index (χ3n) is 4.87. The summed E-state index contributed by atoms with van der Waals surface area (Å²) in [5.41, 5.74) is 3.63. The molecule has 2 aromatic carbocycles. The van der Waals surface area contributed by atoms with Gasteiger partial charge in [0.2, 0.25) is 0 Å². The Labute approximate surface area is 179 Å². The van der Waals surface area contributed by atoms with Crippen molar-refractivity contribution in [3.63, 3.8) is 0 Å². The normalized spacial score (nSPS) is 10.6. The molecule has 4 aromatic rings. The molecule has 0 saturated heterocycles. The SMILES string of the molecule is Cc1ccccc1Cn1cc(NC(=O)c2cc(NC(=O)c3ccccc3)n(C)n2)cn1. The van der Waals surface area contributed by atoms with Crippen LogP contribution in [0.2, 0.25) is 0 Å². The summed E-state index contributed by atoms with van der Waals surface area (Å²) < 4.78 is 3.22. The molecule has 0 fully saturated rings. The Morgan fingerprint density at radius 2 is 1.71 bits per heavy atom. The second-order valence-corrected chi connectivity index (χ2v) is 7.17. The predicted octanol–water partition coefficient (Wildman–Crippen LogP) is 3.48. The van der Waals surface area contributed by atoms with Crippen molar-refractivity contribution in [3.05, 3.63) is 95.4 Å². The van der Waals surface area contributed by atoms with Gasteiger partial charge in [-0.3, -0.25) is 19.0 Å². The van der Waals surface area contributed by atoms with Gasteiger partial charge in [-0.15, -0.1) is 0 Å². The van der Waals surface area contributed by atoms with E-state index in [1.165, 1.54) is 16.3 Å². The Hall–Kier alpha value is -4.20. The van der Waals surface area contributed by atoms with Gasteiger partial charge in [0.25, 0.3) is 11.8 Å². The highest BCUT2D eigenvalue weighted by molar-refractivity contribution is 6.06. The van der Waals surface area contributed by atoms with Gasteiger partial charge in [0.1, 0.15) is 5.82 Å². The van der Waals surface area contributed by atoms with Gasteiger partial charge >= 0.3 is 0 Å². The standard InChI is InChI=1S/C23H22N6O2/c1-16-8-6-7-11-18(16)14-29-15-19(13-24-29)25-23(31)20-12-21(28(2)27-20)26-22(30)17-9-4-3-5-10-17/h3-13,15H,14H2,1-2H3,(H,25,31)(H,26,30). The molecule has 0 aliphatic rings. The second-order valence-electron chi connectivity index (χ2n) is 7.17. The van der Waals surface area contributed by atoms with Crippen molar-refractivity contribution in [1.82, 2.24) is 19.6 Å². The molecule has 2 heterocycles. The van der Waals surface area contributed by atoms with Gasteiger partial charge in [0.15, 0.2) is 5.69 Å². The lowest BCUT2D eigenvalue weighted by atomic mass is 10.1. The van der Waals surface area contributed by atoms with Crippen LogP contribution in [-0.2, 0) is 13.6 Å². The van der Waals surface area contributed by atoms with E-state index >= 15 is 0 Å². The van der Waals surface area contributed by atoms with Crippen molar-refractivity contribution in [3.8, 4) is 0 Å². The van der Waals surface area contributed by atoms with Crippen molar-refractivity contribution in [2.75, 3.05) is 10.6 Å². The Morgan fingerprint density at radius 1 is 0.968 bits per heavy atom. The lowest BCUT2D eigenvalue weighted by molar-refractivity contribution is 0.101. The molecule has 0 radical (unpaired) electrons. The van der Waals surface area contributed by atoms with Gasteiger partial charge in [-0.05, 0) is 30.2 Å². The number of benzene rings is 2. The third-order valence-corrected chi connectivity index (χ3v) is 4.87. The van der Waals surface area contributed by atoms with E-state index in [2.05, 4.69) is 39.9 Å². The highest BCUT2D eigenvalue weighted by Gasteiger charge is 2.16. The zero-order valence-corrected chi connectivity index (χ0v) is 17.2. The quantitative estimate of drug-likeness (QED) is 0.505. The molecular formula is C23H22N6O2. The fraction of sp³-hybridized carbons (Fsp3) is 0.130. The van der Waals surface area contributed by atoms with Gasteiger partial charge in [0.05, 0.1) is 18.4 Å². The maximum atomic E-state index is 12.6. The molecule has 2 amide bonds. The van der Waals surface area contributed by atoms with Gasteiger partial charge in [0, 0.05) is 24.9 Å². The minimum atomic E-state index is -0.383. The van der Waals surface area contributed by atoms with Crippen LogP contribution in [0.3, 0.4) is 0 Å². The summed E-state index contributed by atoms with van der Waals surface area (Å²) in [6.07, 6.45) is 3.36. The summed E-state index contributed by atoms with van der Waals surface area (Å²) in [4.78, 5) is 25.0. The number of aromatic nitrogens is 4. The van der Waals surface area contributed by atoms with Crippen molar-refractivity contribution >= 4 is 23.3 Å². The van der Waals surface area contributed by atoms with Gasteiger partial charge in [-0.1, -0.05) is 42.5 Å². The van der Waals surface area contributed by atoms with Crippen LogP contribution in [0.1, 0.15) is 32.0 Å². The number of nitrogens with one attached hydrogen (secondary N) is 2. The number of carbonyl (C=O) groups excluding carboxylic acids is 2. The summed E-state index contributed by atoms with van der Waals surface area (Å²) in [5, 5.41) is 14.1. The number of carbonyl (C=O) groups is 2. The Bertz CT molecular complexity index is 1230. The molecule has 0 saturated carbocycles. The van der Waals surface area contributed by atoms with E-state index in [4.69, 9.17) is 0 Å². The number of hydrogen-bond acceptors (Lipinski definition) is 4. The van der Waals surface area contributed by atoms with E-state index in [9.17, 15) is 9.59 Å². The van der Waals surface area contributed by atoms with Crippen LogP contribution in [0.25, 0.3) is 0 Å². The summed E-state index contributed by atoms with van der Waals surface area (Å²) in [5.74, 6) is -0.228. The maximum Gasteiger partial charge on any atom is 0.276 e. The third kappa shape index (κ3) is 4.69. The van der Waals surface area contributed by atoms with Gasteiger partial charge < -0.3 is 10.6 Å². The topological polar surface area (TPSA) is 93.8 Å². The van der Waals surface area contributed by atoms with E-state index in [1.54, 1.807) is 48.4 Å². The molecular weight excluding hydrogens is 392 g/mol. The van der Waals surface area contributed by atoms with E-state index < -0.39 is 0 Å². The zero-order valence-electron chi connectivity index (χ0n) is 17.2. The van der Waals surface area contributed by atoms with Crippen LogP contribution in [0.15, 0.2) is 73.1 Å². The lowest BCUT2D eigenvalue weighted by Crippen LogP contribution is -2.14. The monoisotopic (exact) mass is 414 g/mol. The average molecular weight is 414 g/mol.